The van der Waals surface area contributed by atoms with Crippen LogP contribution < -0.4 is 5.32 Å². The van der Waals surface area contributed by atoms with E-state index in [-0.39, 0.29) is 0 Å². The molecule has 0 spiro atoms. The Morgan fingerprint density at radius 2 is 2.10 bits per heavy atom. The summed E-state index contributed by atoms with van der Waals surface area (Å²) < 4.78 is 6.29. The van der Waals surface area contributed by atoms with Crippen LogP contribution in [0.4, 0.5) is 5.13 Å². The predicted molar refractivity (Wildman–Crippen MR) is 85.6 cm³/mol. The Hall–Kier alpha value is -1.86. The second-order valence-corrected chi connectivity index (χ2v) is 6.44. The van der Waals surface area contributed by atoms with Crippen molar-refractivity contribution in [2.75, 3.05) is 11.9 Å². The molecule has 0 aliphatic carbocycles. The van der Waals surface area contributed by atoms with Crippen molar-refractivity contribution in [1.29, 1.82) is 0 Å². The maximum absolute atomic E-state index is 5.37. The van der Waals surface area contributed by atoms with Crippen molar-refractivity contribution in [2.45, 2.75) is 17.0 Å². The lowest BCUT2D eigenvalue weighted by molar-refractivity contribution is 0.397. The van der Waals surface area contributed by atoms with E-state index in [2.05, 4.69) is 20.7 Å². The van der Waals surface area contributed by atoms with Crippen molar-refractivity contribution in [3.05, 3.63) is 42.2 Å². The summed E-state index contributed by atoms with van der Waals surface area (Å²) in [7, 11) is 0. The molecule has 0 fully saturated rings. The number of benzene rings is 1. The van der Waals surface area contributed by atoms with Crippen LogP contribution in [0, 0.1) is 0 Å². The molecule has 0 unspecified atom stereocenters. The second-order valence-electron chi connectivity index (χ2n) is 4.24. The van der Waals surface area contributed by atoms with Crippen LogP contribution >= 0.6 is 23.1 Å². The summed E-state index contributed by atoms with van der Waals surface area (Å²) in [4.78, 5) is 0. The van der Waals surface area contributed by atoms with Gasteiger partial charge in [-0.1, -0.05) is 58.6 Å². The van der Waals surface area contributed by atoms with Crippen molar-refractivity contribution >= 4 is 28.2 Å². The van der Waals surface area contributed by atoms with Gasteiger partial charge in [0.1, 0.15) is 11.5 Å². The van der Waals surface area contributed by atoms with Crippen LogP contribution in [0.3, 0.4) is 0 Å². The highest BCUT2D eigenvalue weighted by Gasteiger charge is 2.09. The van der Waals surface area contributed by atoms with Crippen LogP contribution in [0.2, 0.25) is 0 Å². The number of thioether (sulfide) groups is 1. The SMILES string of the molecule is CCNc1nnc(SCc2cc(-c3ccccc3)no2)s1. The lowest BCUT2D eigenvalue weighted by Crippen LogP contribution is -1.94. The number of hydrogen-bond donors (Lipinski definition) is 1. The molecule has 2 aromatic heterocycles. The van der Waals surface area contributed by atoms with Crippen LogP contribution in [0.15, 0.2) is 45.3 Å². The summed E-state index contributed by atoms with van der Waals surface area (Å²) in [6.45, 7) is 2.88. The molecule has 0 saturated heterocycles. The van der Waals surface area contributed by atoms with Gasteiger partial charge in [-0.2, -0.15) is 0 Å². The average molecular weight is 318 g/mol. The van der Waals surface area contributed by atoms with Crippen molar-refractivity contribution in [1.82, 2.24) is 15.4 Å². The molecule has 7 heteroatoms. The highest BCUT2D eigenvalue weighted by Crippen LogP contribution is 2.29. The van der Waals surface area contributed by atoms with Gasteiger partial charge < -0.3 is 9.84 Å². The second kappa shape index (κ2) is 6.73. The van der Waals surface area contributed by atoms with E-state index < -0.39 is 0 Å². The summed E-state index contributed by atoms with van der Waals surface area (Å²) in [5, 5.41) is 16.3. The first-order valence-electron chi connectivity index (χ1n) is 6.56. The molecule has 0 aliphatic rings. The average Bonchev–Trinajstić information content (AvgIpc) is 3.16. The van der Waals surface area contributed by atoms with E-state index >= 15 is 0 Å². The number of nitrogens with one attached hydrogen (secondary N) is 1. The Labute approximate surface area is 130 Å². The van der Waals surface area contributed by atoms with Gasteiger partial charge in [-0.15, -0.1) is 10.2 Å². The highest BCUT2D eigenvalue weighted by molar-refractivity contribution is 8.00. The van der Waals surface area contributed by atoms with E-state index in [1.807, 2.05) is 43.3 Å². The van der Waals surface area contributed by atoms with Crippen LogP contribution in [0.25, 0.3) is 11.3 Å². The molecule has 0 radical (unpaired) electrons. The van der Waals surface area contributed by atoms with Crippen LogP contribution in [-0.2, 0) is 5.75 Å². The van der Waals surface area contributed by atoms with Gasteiger partial charge in [0.25, 0.3) is 0 Å². The van der Waals surface area contributed by atoms with Crippen LogP contribution in [0.5, 0.6) is 0 Å². The summed E-state index contributed by atoms with van der Waals surface area (Å²) >= 11 is 3.15. The lowest BCUT2D eigenvalue weighted by Gasteiger charge is -1.92. The molecule has 3 rings (SSSR count). The quantitative estimate of drug-likeness (QED) is 0.695. The molecule has 3 aromatic rings. The lowest BCUT2D eigenvalue weighted by atomic mass is 10.1. The Bertz CT molecular complexity index is 696. The monoisotopic (exact) mass is 318 g/mol. The van der Waals surface area contributed by atoms with Crippen molar-refractivity contribution in [3.63, 3.8) is 0 Å². The molecule has 2 heterocycles. The molecular weight excluding hydrogens is 304 g/mol. The Balaban J connectivity index is 1.62. The molecule has 5 nitrogen and oxygen atoms in total. The maximum Gasteiger partial charge on any atom is 0.206 e. The maximum atomic E-state index is 5.37. The third-order valence-corrected chi connectivity index (χ3v) is 4.74. The zero-order chi connectivity index (χ0) is 14.5. The minimum absolute atomic E-state index is 0.695. The van der Waals surface area contributed by atoms with E-state index in [1.54, 1.807) is 23.1 Å². The van der Waals surface area contributed by atoms with E-state index in [0.29, 0.717) is 5.75 Å². The third kappa shape index (κ3) is 3.62. The molecule has 21 heavy (non-hydrogen) atoms. The van der Waals surface area contributed by atoms with E-state index in [0.717, 1.165) is 33.0 Å². The van der Waals surface area contributed by atoms with Crippen molar-refractivity contribution in [3.8, 4) is 11.3 Å². The van der Waals surface area contributed by atoms with Gasteiger partial charge in [0, 0.05) is 18.2 Å². The number of rotatable bonds is 6. The van der Waals surface area contributed by atoms with Crippen LogP contribution in [-0.4, -0.2) is 21.9 Å². The molecule has 0 aliphatic heterocycles. The summed E-state index contributed by atoms with van der Waals surface area (Å²) in [5.74, 6) is 1.53. The van der Waals surface area contributed by atoms with E-state index in [9.17, 15) is 0 Å². The van der Waals surface area contributed by atoms with E-state index in [4.69, 9.17) is 4.52 Å². The topological polar surface area (TPSA) is 63.8 Å². The number of nitrogens with zero attached hydrogens (tertiary/aromatic N) is 3. The standard InChI is InChI=1S/C14H14N4OS2/c1-2-15-13-16-17-14(21-13)20-9-11-8-12(18-19-11)10-6-4-3-5-7-10/h3-8H,2,9H2,1H3,(H,15,16). The minimum atomic E-state index is 0.695. The fourth-order valence-corrected chi connectivity index (χ4v) is 3.44. The molecule has 0 bridgehead atoms. The third-order valence-electron chi connectivity index (χ3n) is 2.70. The summed E-state index contributed by atoms with van der Waals surface area (Å²) in [5.41, 5.74) is 1.92. The fourth-order valence-electron chi connectivity index (χ4n) is 1.75. The van der Waals surface area contributed by atoms with Gasteiger partial charge in [0.05, 0.1) is 5.75 Å². The number of aromatic nitrogens is 3. The largest absolute Gasteiger partial charge is 0.360 e. The van der Waals surface area contributed by atoms with Gasteiger partial charge >= 0.3 is 0 Å². The molecule has 108 valence electrons. The summed E-state index contributed by atoms with van der Waals surface area (Å²) in [6, 6.07) is 12.0. The van der Waals surface area contributed by atoms with Gasteiger partial charge in [0.2, 0.25) is 5.13 Å². The van der Waals surface area contributed by atoms with Crippen molar-refractivity contribution in [2.24, 2.45) is 0 Å². The highest BCUT2D eigenvalue weighted by atomic mass is 32.2. The molecule has 1 N–H and O–H groups in total. The zero-order valence-corrected chi connectivity index (χ0v) is 13.1. The normalized spacial score (nSPS) is 10.7. The van der Waals surface area contributed by atoms with Gasteiger partial charge in [-0.3, -0.25) is 0 Å². The predicted octanol–water partition coefficient (Wildman–Crippen LogP) is 3.92. The zero-order valence-electron chi connectivity index (χ0n) is 11.4. The van der Waals surface area contributed by atoms with Gasteiger partial charge in [-0.25, -0.2) is 0 Å². The van der Waals surface area contributed by atoms with Gasteiger partial charge in [-0.05, 0) is 6.92 Å². The molecule has 0 atom stereocenters. The molecule has 0 amide bonds. The Kier molecular flexibility index (Phi) is 4.52. The van der Waals surface area contributed by atoms with E-state index in [1.165, 1.54) is 0 Å². The number of anilines is 1. The smallest absolute Gasteiger partial charge is 0.206 e. The Morgan fingerprint density at radius 3 is 2.90 bits per heavy atom. The first kappa shape index (κ1) is 14.1. The molecule has 0 saturated carbocycles. The minimum Gasteiger partial charge on any atom is -0.360 e. The van der Waals surface area contributed by atoms with Crippen LogP contribution in [0.1, 0.15) is 12.7 Å². The summed E-state index contributed by atoms with van der Waals surface area (Å²) in [6.07, 6.45) is 0. The Morgan fingerprint density at radius 1 is 1.24 bits per heavy atom. The molecular formula is C14H14N4OS2. The number of hydrogen-bond acceptors (Lipinski definition) is 7. The van der Waals surface area contributed by atoms with Gasteiger partial charge in [0.15, 0.2) is 4.34 Å². The molecule has 1 aromatic carbocycles. The first-order valence-corrected chi connectivity index (χ1v) is 8.36. The first-order chi connectivity index (χ1) is 10.3. The fraction of sp³-hybridized carbons (Fsp3) is 0.214. The van der Waals surface area contributed by atoms with Crippen molar-refractivity contribution < 1.29 is 4.52 Å².